The maximum Gasteiger partial charge on any atom is 0.251 e. The van der Waals surface area contributed by atoms with Crippen LogP contribution in [0.25, 0.3) is 0 Å². The van der Waals surface area contributed by atoms with Crippen molar-refractivity contribution in [3.8, 4) is 0 Å². The first-order valence-electron chi connectivity index (χ1n) is 5.59. The average molecular weight is 259 g/mol. The van der Waals surface area contributed by atoms with E-state index in [1.54, 1.807) is 12.1 Å². The van der Waals surface area contributed by atoms with Gasteiger partial charge in [0.25, 0.3) is 5.91 Å². The molecule has 2 rings (SSSR count). The van der Waals surface area contributed by atoms with Crippen LogP contribution in [0.1, 0.15) is 25.6 Å². The van der Waals surface area contributed by atoms with E-state index in [1.165, 1.54) is 11.3 Å². The summed E-state index contributed by atoms with van der Waals surface area (Å²) in [4.78, 5) is 24.3. The highest BCUT2D eigenvalue weighted by Crippen LogP contribution is 2.09. The second kappa shape index (κ2) is 5.60. The molecule has 1 amide bonds. The molecule has 0 aliphatic carbocycles. The molecule has 1 aromatic heterocycles. The predicted octanol–water partition coefficient (Wildman–Crippen LogP) is 2.67. The topological polar surface area (TPSA) is 46.2 Å². The van der Waals surface area contributed by atoms with Gasteiger partial charge >= 0.3 is 0 Å². The van der Waals surface area contributed by atoms with E-state index in [0.717, 1.165) is 5.56 Å². The van der Waals surface area contributed by atoms with Gasteiger partial charge in [0.15, 0.2) is 5.78 Å². The Balaban J connectivity index is 1.97. The number of aryl methyl sites for hydroxylation is 1. The average Bonchev–Trinajstić information content (AvgIpc) is 2.90. The van der Waals surface area contributed by atoms with Gasteiger partial charge in [0.05, 0.1) is 11.4 Å². The molecule has 0 atom stereocenters. The molecule has 0 saturated carbocycles. The number of Topliss-reactive ketones (excluding diaryl/α,β-unsaturated/α-hetero) is 1. The maximum absolute atomic E-state index is 11.9. The molecule has 0 saturated heterocycles. The Bertz CT molecular complexity index is 561. The van der Waals surface area contributed by atoms with Crippen LogP contribution in [0.2, 0.25) is 0 Å². The highest BCUT2D eigenvalue weighted by molar-refractivity contribution is 7.12. The molecule has 18 heavy (non-hydrogen) atoms. The molecule has 4 heteroatoms. The lowest BCUT2D eigenvalue weighted by Crippen LogP contribution is -2.29. The van der Waals surface area contributed by atoms with Crippen molar-refractivity contribution in [3.05, 3.63) is 57.8 Å². The van der Waals surface area contributed by atoms with Crippen molar-refractivity contribution >= 4 is 23.0 Å². The molecule has 0 fully saturated rings. The van der Waals surface area contributed by atoms with Gasteiger partial charge in [-0.1, -0.05) is 24.3 Å². The summed E-state index contributed by atoms with van der Waals surface area (Å²) in [6, 6.07) is 10.9. The quantitative estimate of drug-likeness (QED) is 0.858. The zero-order valence-electron chi connectivity index (χ0n) is 9.97. The lowest BCUT2D eigenvalue weighted by molar-refractivity contribution is 0.0905. The summed E-state index contributed by atoms with van der Waals surface area (Å²) in [5.74, 6) is -0.273. The molecule has 0 bridgehead atoms. The Labute approximate surface area is 109 Å². The van der Waals surface area contributed by atoms with Crippen LogP contribution in [-0.2, 0) is 0 Å². The number of carbonyl (C=O) groups is 2. The van der Waals surface area contributed by atoms with E-state index in [4.69, 9.17) is 0 Å². The van der Waals surface area contributed by atoms with Crippen molar-refractivity contribution in [1.82, 2.24) is 5.32 Å². The number of nitrogens with one attached hydrogen (secondary N) is 1. The smallest absolute Gasteiger partial charge is 0.251 e. The van der Waals surface area contributed by atoms with Crippen LogP contribution in [0.4, 0.5) is 0 Å². The van der Waals surface area contributed by atoms with Crippen LogP contribution in [0, 0.1) is 6.92 Å². The number of amides is 1. The normalized spacial score (nSPS) is 10.1. The number of benzene rings is 1. The number of rotatable bonds is 4. The molecule has 0 aliphatic heterocycles. The van der Waals surface area contributed by atoms with Gasteiger partial charge in [0.1, 0.15) is 0 Å². The Hall–Kier alpha value is -1.94. The minimum absolute atomic E-state index is 0.0354. The van der Waals surface area contributed by atoms with E-state index in [0.29, 0.717) is 10.4 Å². The summed E-state index contributed by atoms with van der Waals surface area (Å²) in [5, 5.41) is 4.49. The second-order valence-electron chi connectivity index (χ2n) is 3.90. The summed E-state index contributed by atoms with van der Waals surface area (Å²) in [7, 11) is 0. The van der Waals surface area contributed by atoms with Gasteiger partial charge in [-0.05, 0) is 30.0 Å². The predicted molar refractivity (Wildman–Crippen MR) is 72.2 cm³/mol. The molecule has 92 valence electrons. The van der Waals surface area contributed by atoms with Crippen molar-refractivity contribution in [3.63, 3.8) is 0 Å². The van der Waals surface area contributed by atoms with Crippen molar-refractivity contribution in [2.75, 3.05) is 6.54 Å². The van der Waals surface area contributed by atoms with Crippen LogP contribution >= 0.6 is 11.3 Å². The fraction of sp³-hybridized carbons (Fsp3) is 0.143. The Morgan fingerprint density at radius 3 is 2.61 bits per heavy atom. The van der Waals surface area contributed by atoms with E-state index in [1.807, 2.05) is 36.6 Å². The van der Waals surface area contributed by atoms with Crippen LogP contribution in [0.15, 0.2) is 41.8 Å². The number of hydrogen-bond acceptors (Lipinski definition) is 3. The second-order valence-corrected chi connectivity index (χ2v) is 4.85. The van der Waals surface area contributed by atoms with Crippen molar-refractivity contribution in [2.45, 2.75) is 6.92 Å². The van der Waals surface area contributed by atoms with Crippen molar-refractivity contribution in [1.29, 1.82) is 0 Å². The Kier molecular flexibility index (Phi) is 3.89. The van der Waals surface area contributed by atoms with Gasteiger partial charge in [0, 0.05) is 5.56 Å². The molecular weight excluding hydrogens is 246 g/mol. The standard InChI is InChI=1S/C14H13NO2S/c1-10-5-2-3-6-11(10)14(17)15-9-12(16)13-7-4-8-18-13/h2-8H,9H2,1H3,(H,15,17). The number of carbonyl (C=O) groups excluding carboxylic acids is 2. The van der Waals surface area contributed by atoms with Gasteiger partial charge in [-0.2, -0.15) is 0 Å². The maximum atomic E-state index is 11.9. The minimum atomic E-state index is -0.210. The molecule has 1 aromatic carbocycles. The summed E-state index contributed by atoms with van der Waals surface area (Å²) in [5.41, 5.74) is 1.51. The molecule has 1 N–H and O–H groups in total. The summed E-state index contributed by atoms with van der Waals surface area (Å²) < 4.78 is 0. The van der Waals surface area contributed by atoms with E-state index < -0.39 is 0 Å². The first-order valence-corrected chi connectivity index (χ1v) is 6.47. The van der Waals surface area contributed by atoms with E-state index in [9.17, 15) is 9.59 Å². The Morgan fingerprint density at radius 2 is 1.94 bits per heavy atom. The van der Waals surface area contributed by atoms with Crippen LogP contribution in [0.5, 0.6) is 0 Å². The van der Waals surface area contributed by atoms with Gasteiger partial charge in [-0.3, -0.25) is 9.59 Å². The van der Waals surface area contributed by atoms with Crippen LogP contribution < -0.4 is 5.32 Å². The molecule has 3 nitrogen and oxygen atoms in total. The molecule has 0 spiro atoms. The van der Waals surface area contributed by atoms with E-state index >= 15 is 0 Å². The fourth-order valence-electron chi connectivity index (χ4n) is 1.61. The highest BCUT2D eigenvalue weighted by atomic mass is 32.1. The van der Waals surface area contributed by atoms with Gasteiger partial charge in [-0.15, -0.1) is 11.3 Å². The minimum Gasteiger partial charge on any atom is -0.345 e. The SMILES string of the molecule is Cc1ccccc1C(=O)NCC(=O)c1cccs1. The number of hydrogen-bond donors (Lipinski definition) is 1. The van der Waals surface area contributed by atoms with E-state index in [2.05, 4.69) is 5.32 Å². The third-order valence-corrected chi connectivity index (χ3v) is 3.51. The van der Waals surface area contributed by atoms with Gasteiger partial charge < -0.3 is 5.32 Å². The first-order chi connectivity index (χ1) is 8.68. The third kappa shape index (κ3) is 2.84. The van der Waals surface area contributed by atoms with Crippen molar-refractivity contribution in [2.24, 2.45) is 0 Å². The largest absolute Gasteiger partial charge is 0.345 e. The van der Waals surface area contributed by atoms with Gasteiger partial charge in [-0.25, -0.2) is 0 Å². The number of ketones is 1. The van der Waals surface area contributed by atoms with E-state index in [-0.39, 0.29) is 18.2 Å². The molecule has 0 radical (unpaired) electrons. The fourth-order valence-corrected chi connectivity index (χ4v) is 2.27. The summed E-state index contributed by atoms with van der Waals surface area (Å²) in [6.45, 7) is 1.91. The van der Waals surface area contributed by atoms with Crippen LogP contribution in [0.3, 0.4) is 0 Å². The molecule has 1 heterocycles. The first kappa shape index (κ1) is 12.5. The summed E-state index contributed by atoms with van der Waals surface area (Å²) in [6.07, 6.45) is 0. The molecule has 0 unspecified atom stereocenters. The Morgan fingerprint density at radius 1 is 1.17 bits per heavy atom. The van der Waals surface area contributed by atoms with Gasteiger partial charge in [0.2, 0.25) is 0 Å². The molecule has 0 aliphatic rings. The zero-order chi connectivity index (χ0) is 13.0. The monoisotopic (exact) mass is 259 g/mol. The lowest BCUT2D eigenvalue weighted by Gasteiger charge is -2.06. The number of thiophene rings is 1. The van der Waals surface area contributed by atoms with Crippen LogP contribution in [-0.4, -0.2) is 18.2 Å². The summed E-state index contributed by atoms with van der Waals surface area (Å²) >= 11 is 1.38. The van der Waals surface area contributed by atoms with Crippen molar-refractivity contribution < 1.29 is 9.59 Å². The third-order valence-electron chi connectivity index (χ3n) is 2.60. The zero-order valence-corrected chi connectivity index (χ0v) is 10.8. The molecule has 2 aromatic rings. The lowest BCUT2D eigenvalue weighted by atomic mass is 10.1. The molecular formula is C14H13NO2S. The highest BCUT2D eigenvalue weighted by Gasteiger charge is 2.11.